The fourth-order valence-electron chi connectivity index (χ4n) is 4.60. The van der Waals surface area contributed by atoms with E-state index >= 15 is 0 Å². The number of carbonyl (C=O) groups is 3. The first-order valence-corrected chi connectivity index (χ1v) is 12.3. The minimum atomic E-state index is -0.723. The Hall–Kier alpha value is -5.24. The molecule has 0 N–H and O–H groups in total. The van der Waals surface area contributed by atoms with Crippen molar-refractivity contribution in [2.45, 2.75) is 19.9 Å². The lowest BCUT2D eigenvalue weighted by Crippen LogP contribution is -2.35. The fourth-order valence-corrected chi connectivity index (χ4v) is 4.60. The van der Waals surface area contributed by atoms with Gasteiger partial charge in [0.2, 0.25) is 11.2 Å². The summed E-state index contributed by atoms with van der Waals surface area (Å²) in [7, 11) is 0. The molecule has 0 unspecified atom stereocenters. The van der Waals surface area contributed by atoms with E-state index in [1.807, 2.05) is 36.4 Å². The second-order valence-electron chi connectivity index (χ2n) is 9.42. The van der Waals surface area contributed by atoms with Crippen LogP contribution >= 0.6 is 0 Å². The molecule has 0 bridgehead atoms. The number of ether oxygens (including phenoxy) is 2. The number of fused-ring (bicyclic) bond motifs is 3. The standard InChI is InChI=1S/C31H21NO7/c1-17(2)32-29(34)23-11-8-20(14-25(23)30(32)35)31(36)39-22-10-12-24-26(15-22)37-16-27(28(24)33)38-21-9-7-18-5-3-4-6-19(18)13-21/h3-17H,1-2H3. The summed E-state index contributed by atoms with van der Waals surface area (Å²) in [6.07, 6.45) is 1.22. The average Bonchev–Trinajstić information content (AvgIpc) is 3.19. The predicted octanol–water partition coefficient (Wildman–Crippen LogP) is 5.96. The quantitative estimate of drug-likeness (QED) is 0.160. The van der Waals surface area contributed by atoms with Crippen molar-refractivity contribution in [3.05, 3.63) is 112 Å². The van der Waals surface area contributed by atoms with Gasteiger partial charge in [-0.25, -0.2) is 4.79 Å². The molecule has 0 spiro atoms. The van der Waals surface area contributed by atoms with E-state index in [4.69, 9.17) is 13.9 Å². The number of benzene rings is 4. The maximum absolute atomic E-state index is 13.0. The molecule has 0 saturated carbocycles. The van der Waals surface area contributed by atoms with E-state index in [9.17, 15) is 19.2 Å². The summed E-state index contributed by atoms with van der Waals surface area (Å²) in [5, 5.41) is 2.28. The van der Waals surface area contributed by atoms with Crippen molar-refractivity contribution in [2.75, 3.05) is 0 Å². The van der Waals surface area contributed by atoms with Gasteiger partial charge >= 0.3 is 5.97 Å². The van der Waals surface area contributed by atoms with Gasteiger partial charge in [-0.2, -0.15) is 0 Å². The summed E-state index contributed by atoms with van der Waals surface area (Å²) < 4.78 is 16.9. The maximum atomic E-state index is 13.0. The first kappa shape index (κ1) is 24.1. The Kier molecular flexibility index (Phi) is 5.72. The summed E-state index contributed by atoms with van der Waals surface area (Å²) in [6.45, 7) is 3.49. The molecule has 1 aromatic heterocycles. The van der Waals surface area contributed by atoms with Crippen LogP contribution in [-0.4, -0.2) is 28.7 Å². The monoisotopic (exact) mass is 519 g/mol. The normalized spacial score (nSPS) is 12.8. The van der Waals surface area contributed by atoms with Crippen LogP contribution in [0.25, 0.3) is 21.7 Å². The Morgan fingerprint density at radius 1 is 0.795 bits per heavy atom. The molecule has 192 valence electrons. The van der Waals surface area contributed by atoms with Crippen LogP contribution in [0.5, 0.6) is 17.2 Å². The molecule has 2 heterocycles. The third-order valence-corrected chi connectivity index (χ3v) is 6.54. The molecule has 0 aliphatic carbocycles. The lowest BCUT2D eigenvalue weighted by molar-refractivity contribution is 0.0608. The van der Waals surface area contributed by atoms with E-state index in [2.05, 4.69) is 0 Å². The molecule has 6 rings (SSSR count). The number of amides is 2. The van der Waals surface area contributed by atoms with Gasteiger partial charge in [-0.1, -0.05) is 30.3 Å². The summed E-state index contributed by atoms with van der Waals surface area (Å²) in [4.78, 5) is 52.2. The third kappa shape index (κ3) is 4.21. The molecular weight excluding hydrogens is 498 g/mol. The lowest BCUT2D eigenvalue weighted by Gasteiger charge is -2.17. The first-order valence-electron chi connectivity index (χ1n) is 12.3. The van der Waals surface area contributed by atoms with Gasteiger partial charge in [0.1, 0.15) is 23.3 Å². The number of imide groups is 1. The fraction of sp³-hybridized carbons (Fsp3) is 0.0968. The molecule has 39 heavy (non-hydrogen) atoms. The van der Waals surface area contributed by atoms with Crippen molar-refractivity contribution >= 4 is 39.5 Å². The average molecular weight is 520 g/mol. The molecule has 4 aromatic carbocycles. The summed E-state index contributed by atoms with van der Waals surface area (Å²) in [6, 6.07) is 21.7. The van der Waals surface area contributed by atoms with Gasteiger partial charge in [0.15, 0.2) is 0 Å². The van der Waals surface area contributed by atoms with Gasteiger partial charge in [0, 0.05) is 12.1 Å². The molecule has 0 saturated heterocycles. The van der Waals surface area contributed by atoms with Gasteiger partial charge in [0.05, 0.1) is 22.1 Å². The van der Waals surface area contributed by atoms with E-state index in [0.717, 1.165) is 15.7 Å². The Bertz CT molecular complexity index is 1890. The van der Waals surface area contributed by atoms with Crippen LogP contribution in [0.3, 0.4) is 0 Å². The smallest absolute Gasteiger partial charge is 0.343 e. The van der Waals surface area contributed by atoms with Crippen LogP contribution in [0.15, 0.2) is 94.3 Å². The highest BCUT2D eigenvalue weighted by molar-refractivity contribution is 6.22. The second kappa shape index (κ2) is 9.25. The van der Waals surface area contributed by atoms with Gasteiger partial charge in [-0.15, -0.1) is 0 Å². The van der Waals surface area contributed by atoms with Gasteiger partial charge in [-0.05, 0) is 67.1 Å². The number of carbonyl (C=O) groups excluding carboxylic acids is 3. The molecule has 1 aliphatic rings. The maximum Gasteiger partial charge on any atom is 0.343 e. The number of nitrogens with zero attached hydrogens (tertiary/aromatic N) is 1. The zero-order valence-electron chi connectivity index (χ0n) is 21.0. The first-order chi connectivity index (χ1) is 18.8. The van der Waals surface area contributed by atoms with Crippen LogP contribution < -0.4 is 14.9 Å². The van der Waals surface area contributed by atoms with Crippen LogP contribution in [-0.2, 0) is 0 Å². The van der Waals surface area contributed by atoms with Crippen LogP contribution in [0.1, 0.15) is 44.9 Å². The van der Waals surface area contributed by atoms with E-state index in [1.165, 1.54) is 42.7 Å². The van der Waals surface area contributed by atoms with E-state index in [-0.39, 0.29) is 50.6 Å². The number of esters is 1. The van der Waals surface area contributed by atoms with E-state index < -0.39 is 17.8 Å². The zero-order valence-corrected chi connectivity index (χ0v) is 21.0. The molecule has 8 nitrogen and oxygen atoms in total. The Balaban J connectivity index is 1.23. The van der Waals surface area contributed by atoms with Crippen LogP contribution in [0, 0.1) is 0 Å². The Labute approximate surface area is 222 Å². The van der Waals surface area contributed by atoms with Crippen molar-refractivity contribution in [3.8, 4) is 17.2 Å². The highest BCUT2D eigenvalue weighted by Gasteiger charge is 2.37. The Morgan fingerprint density at radius 3 is 2.33 bits per heavy atom. The zero-order chi connectivity index (χ0) is 27.3. The second-order valence-corrected chi connectivity index (χ2v) is 9.42. The molecule has 8 heteroatoms. The van der Waals surface area contributed by atoms with Crippen molar-refractivity contribution in [1.82, 2.24) is 4.90 Å². The molecule has 5 aromatic rings. The summed E-state index contributed by atoms with van der Waals surface area (Å²) in [5.74, 6) is -0.899. The molecule has 2 amide bonds. The number of hydrogen-bond acceptors (Lipinski definition) is 7. The van der Waals surface area contributed by atoms with Crippen molar-refractivity contribution in [3.63, 3.8) is 0 Å². The summed E-state index contributed by atoms with van der Waals surface area (Å²) >= 11 is 0. The lowest BCUT2D eigenvalue weighted by atomic mass is 10.1. The predicted molar refractivity (Wildman–Crippen MR) is 144 cm³/mol. The topological polar surface area (TPSA) is 103 Å². The highest BCUT2D eigenvalue weighted by atomic mass is 16.5. The van der Waals surface area contributed by atoms with Crippen LogP contribution in [0.2, 0.25) is 0 Å². The minimum absolute atomic E-state index is 0.0234. The Morgan fingerprint density at radius 2 is 1.54 bits per heavy atom. The SMILES string of the molecule is CC(C)N1C(=O)c2ccc(C(=O)Oc3ccc4c(=O)c(Oc5ccc6ccccc6c5)coc4c3)cc2C1=O. The molecule has 0 radical (unpaired) electrons. The van der Waals surface area contributed by atoms with Gasteiger partial charge in [0.25, 0.3) is 11.8 Å². The minimum Gasteiger partial charge on any atom is -0.460 e. The highest BCUT2D eigenvalue weighted by Crippen LogP contribution is 2.28. The number of hydrogen-bond donors (Lipinski definition) is 0. The van der Waals surface area contributed by atoms with Crippen molar-refractivity contribution < 1.29 is 28.3 Å². The number of rotatable bonds is 5. The van der Waals surface area contributed by atoms with E-state index in [0.29, 0.717) is 5.75 Å². The van der Waals surface area contributed by atoms with E-state index in [1.54, 1.807) is 19.9 Å². The van der Waals surface area contributed by atoms with Crippen molar-refractivity contribution in [2.24, 2.45) is 0 Å². The van der Waals surface area contributed by atoms with Crippen molar-refractivity contribution in [1.29, 1.82) is 0 Å². The molecule has 0 fully saturated rings. The van der Waals surface area contributed by atoms with Gasteiger partial charge in [-0.3, -0.25) is 19.3 Å². The van der Waals surface area contributed by atoms with Crippen LogP contribution in [0.4, 0.5) is 0 Å². The molecule has 0 atom stereocenters. The molecule has 1 aliphatic heterocycles. The third-order valence-electron chi connectivity index (χ3n) is 6.54. The molecular formula is C31H21NO7. The van der Waals surface area contributed by atoms with Gasteiger partial charge < -0.3 is 13.9 Å². The largest absolute Gasteiger partial charge is 0.460 e. The summed E-state index contributed by atoms with van der Waals surface area (Å²) in [5.41, 5.74) is 0.351.